The molecule has 5 aromatic rings. The third-order valence-corrected chi connectivity index (χ3v) is 9.42. The highest BCUT2D eigenvalue weighted by atomic mass is 19.4. The maximum atomic E-state index is 14.5. The SMILES string of the molecule is O=C(Cn1c(CCc2cccc(F)c2F)cc(=O)c2ccccc21)N(CCN1CCCCC1)Cc1ccc(-c2ccccc2)c(C(F)(F)F)c1. The second kappa shape index (κ2) is 15.4. The molecule has 1 saturated heterocycles. The van der Waals surface area contributed by atoms with Crippen LogP contribution in [0, 0.1) is 11.6 Å². The number of piperidine rings is 1. The number of hydrogen-bond donors (Lipinski definition) is 0. The Hall–Kier alpha value is -4.83. The Kier molecular flexibility index (Phi) is 10.8. The molecule has 0 unspecified atom stereocenters. The van der Waals surface area contributed by atoms with E-state index in [1.165, 1.54) is 24.3 Å². The zero-order chi connectivity index (χ0) is 35.3. The molecule has 0 spiro atoms. The molecular formula is C40H38F5N3O2. The lowest BCUT2D eigenvalue weighted by atomic mass is 9.97. The summed E-state index contributed by atoms with van der Waals surface area (Å²) in [4.78, 5) is 31.3. The number of alkyl halides is 3. The predicted octanol–water partition coefficient (Wildman–Crippen LogP) is 8.27. The second-order valence-corrected chi connectivity index (χ2v) is 12.8. The van der Waals surface area contributed by atoms with Crippen LogP contribution in [0.5, 0.6) is 0 Å². The quantitative estimate of drug-likeness (QED) is 0.131. The minimum atomic E-state index is -4.62. The highest BCUT2D eigenvalue weighted by Gasteiger charge is 2.34. The number of aryl methyl sites for hydroxylation is 2. The number of amides is 1. The van der Waals surface area contributed by atoms with Crippen LogP contribution in [-0.4, -0.2) is 46.5 Å². The molecule has 0 N–H and O–H groups in total. The fraction of sp³-hybridized carbons (Fsp3) is 0.300. The maximum Gasteiger partial charge on any atom is 0.417 e. The van der Waals surface area contributed by atoms with Gasteiger partial charge in [-0.2, -0.15) is 13.2 Å². The van der Waals surface area contributed by atoms with Crippen LogP contribution in [-0.2, 0) is 36.9 Å². The van der Waals surface area contributed by atoms with Gasteiger partial charge in [-0.15, -0.1) is 0 Å². The number of likely N-dealkylation sites (tertiary alicyclic amines) is 1. The molecule has 2 heterocycles. The van der Waals surface area contributed by atoms with E-state index in [1.54, 1.807) is 70.1 Å². The van der Waals surface area contributed by atoms with Crippen LogP contribution in [0.2, 0.25) is 0 Å². The number of nitrogens with zero attached hydrogens (tertiary/aromatic N) is 3. The van der Waals surface area contributed by atoms with Crippen molar-refractivity contribution < 1.29 is 26.7 Å². The van der Waals surface area contributed by atoms with E-state index in [2.05, 4.69) is 4.90 Å². The van der Waals surface area contributed by atoms with Crippen LogP contribution < -0.4 is 5.43 Å². The van der Waals surface area contributed by atoms with Gasteiger partial charge in [0.25, 0.3) is 0 Å². The molecule has 0 aliphatic carbocycles. The summed E-state index contributed by atoms with van der Waals surface area (Å²) in [6.45, 7) is 2.39. The number of carbonyl (C=O) groups excluding carboxylic acids is 1. The van der Waals surface area contributed by atoms with Gasteiger partial charge in [0, 0.05) is 36.8 Å². The molecule has 1 fully saturated rings. The Morgan fingerprint density at radius 1 is 0.800 bits per heavy atom. The molecule has 0 atom stereocenters. The molecule has 0 bridgehead atoms. The highest BCUT2D eigenvalue weighted by Crippen LogP contribution is 2.38. The van der Waals surface area contributed by atoms with E-state index < -0.39 is 23.4 Å². The molecule has 1 aromatic heterocycles. The summed E-state index contributed by atoms with van der Waals surface area (Å²) in [7, 11) is 0. The Balaban J connectivity index is 1.33. The van der Waals surface area contributed by atoms with Crippen LogP contribution in [0.3, 0.4) is 0 Å². The summed E-state index contributed by atoms with van der Waals surface area (Å²) < 4.78 is 73.4. The Bertz CT molecular complexity index is 2020. The van der Waals surface area contributed by atoms with E-state index in [1.807, 2.05) is 0 Å². The molecule has 5 nitrogen and oxygen atoms in total. The van der Waals surface area contributed by atoms with Crippen LogP contribution in [0.25, 0.3) is 22.0 Å². The normalized spacial score (nSPS) is 13.9. The lowest BCUT2D eigenvalue weighted by Gasteiger charge is -2.31. The first kappa shape index (κ1) is 35.0. The summed E-state index contributed by atoms with van der Waals surface area (Å²) in [5.74, 6) is -2.27. The topological polar surface area (TPSA) is 45.6 Å². The van der Waals surface area contributed by atoms with E-state index in [0.29, 0.717) is 40.8 Å². The number of halogens is 5. The lowest BCUT2D eigenvalue weighted by molar-refractivity contribution is -0.137. The first-order valence-electron chi connectivity index (χ1n) is 16.9. The second-order valence-electron chi connectivity index (χ2n) is 12.8. The molecule has 4 aromatic carbocycles. The van der Waals surface area contributed by atoms with Gasteiger partial charge < -0.3 is 14.4 Å². The number of para-hydroxylation sites is 1. The summed E-state index contributed by atoms with van der Waals surface area (Å²) >= 11 is 0. The highest BCUT2D eigenvalue weighted by molar-refractivity contribution is 5.83. The van der Waals surface area contributed by atoms with Crippen molar-refractivity contribution in [3.63, 3.8) is 0 Å². The smallest absolute Gasteiger partial charge is 0.336 e. The zero-order valence-corrected chi connectivity index (χ0v) is 27.6. The summed E-state index contributed by atoms with van der Waals surface area (Å²) in [5, 5.41) is 0.396. The van der Waals surface area contributed by atoms with Crippen molar-refractivity contribution in [1.29, 1.82) is 0 Å². The van der Waals surface area contributed by atoms with Crippen molar-refractivity contribution in [2.24, 2.45) is 0 Å². The Morgan fingerprint density at radius 3 is 2.30 bits per heavy atom. The molecule has 10 heteroatoms. The molecule has 50 heavy (non-hydrogen) atoms. The van der Waals surface area contributed by atoms with Gasteiger partial charge >= 0.3 is 6.18 Å². The average molecular weight is 688 g/mol. The molecule has 0 saturated carbocycles. The largest absolute Gasteiger partial charge is 0.417 e. The van der Waals surface area contributed by atoms with Crippen LogP contribution >= 0.6 is 0 Å². The van der Waals surface area contributed by atoms with E-state index in [0.717, 1.165) is 44.5 Å². The minimum Gasteiger partial charge on any atom is -0.336 e. The first-order chi connectivity index (χ1) is 24.1. The molecule has 1 aliphatic rings. The molecule has 0 radical (unpaired) electrons. The van der Waals surface area contributed by atoms with Crippen molar-refractivity contribution in [2.75, 3.05) is 26.2 Å². The Labute approximate surface area is 287 Å². The molecule has 260 valence electrons. The van der Waals surface area contributed by atoms with Gasteiger partial charge in [0.1, 0.15) is 6.54 Å². The maximum absolute atomic E-state index is 14.5. The predicted molar refractivity (Wildman–Crippen MR) is 185 cm³/mol. The van der Waals surface area contributed by atoms with Gasteiger partial charge in [-0.25, -0.2) is 8.78 Å². The molecule has 1 aliphatic heterocycles. The van der Waals surface area contributed by atoms with Gasteiger partial charge in [0.05, 0.1) is 11.1 Å². The van der Waals surface area contributed by atoms with Crippen LogP contribution in [0.1, 0.15) is 41.6 Å². The van der Waals surface area contributed by atoms with Crippen molar-refractivity contribution in [3.05, 3.63) is 141 Å². The van der Waals surface area contributed by atoms with Gasteiger partial charge in [0.2, 0.25) is 5.91 Å². The minimum absolute atomic E-state index is 0.0488. The van der Waals surface area contributed by atoms with Gasteiger partial charge in [0.15, 0.2) is 17.1 Å². The number of hydrogen-bond acceptors (Lipinski definition) is 3. The number of pyridine rings is 1. The van der Waals surface area contributed by atoms with Crippen molar-refractivity contribution in [1.82, 2.24) is 14.4 Å². The number of carbonyl (C=O) groups is 1. The number of benzene rings is 4. The van der Waals surface area contributed by atoms with E-state index >= 15 is 0 Å². The zero-order valence-electron chi connectivity index (χ0n) is 27.6. The third-order valence-electron chi connectivity index (χ3n) is 9.42. The third kappa shape index (κ3) is 8.13. The van der Waals surface area contributed by atoms with Crippen LogP contribution in [0.4, 0.5) is 22.0 Å². The van der Waals surface area contributed by atoms with E-state index in [4.69, 9.17) is 0 Å². The van der Waals surface area contributed by atoms with Gasteiger partial charge in [-0.3, -0.25) is 9.59 Å². The Morgan fingerprint density at radius 2 is 1.54 bits per heavy atom. The fourth-order valence-corrected chi connectivity index (χ4v) is 6.76. The van der Waals surface area contributed by atoms with Gasteiger partial charge in [-0.1, -0.05) is 73.2 Å². The van der Waals surface area contributed by atoms with E-state index in [9.17, 15) is 31.5 Å². The van der Waals surface area contributed by atoms with Crippen LogP contribution in [0.15, 0.2) is 102 Å². The number of fused-ring (bicyclic) bond motifs is 1. The number of rotatable bonds is 11. The molecular weight excluding hydrogens is 649 g/mol. The summed E-state index contributed by atoms with van der Waals surface area (Å²) in [6, 6.07) is 24.8. The molecule has 6 rings (SSSR count). The van der Waals surface area contributed by atoms with Crippen molar-refractivity contribution >= 4 is 16.8 Å². The summed E-state index contributed by atoms with van der Waals surface area (Å²) in [6.07, 6.45) is -1.16. The molecule has 1 amide bonds. The fourth-order valence-electron chi connectivity index (χ4n) is 6.76. The monoisotopic (exact) mass is 687 g/mol. The standard InChI is InChI=1S/C40H38F5N3O2/c41-35-14-9-12-30(39(35)42)17-18-31-25-37(49)33-13-5-6-15-36(33)48(31)27-38(50)47(23-22-46-20-7-2-8-21-46)26-28-16-19-32(29-10-3-1-4-11-29)34(24-28)40(43,44)45/h1,3-6,9-16,19,24-25H,2,7-8,17-18,20-23,26-27H2. The van der Waals surface area contributed by atoms with Gasteiger partial charge in [-0.05, 0) is 85.3 Å². The van der Waals surface area contributed by atoms with Crippen molar-refractivity contribution in [2.45, 2.75) is 51.4 Å². The first-order valence-corrected chi connectivity index (χ1v) is 16.9. The average Bonchev–Trinajstić information content (AvgIpc) is 3.12. The van der Waals surface area contributed by atoms with E-state index in [-0.39, 0.29) is 48.4 Å². The summed E-state index contributed by atoms with van der Waals surface area (Å²) in [5.41, 5.74) is 0.926. The lowest BCUT2D eigenvalue weighted by Crippen LogP contribution is -2.41. The number of aromatic nitrogens is 1. The van der Waals surface area contributed by atoms with Crippen molar-refractivity contribution in [3.8, 4) is 11.1 Å².